The fourth-order valence-corrected chi connectivity index (χ4v) is 15.6. The van der Waals surface area contributed by atoms with E-state index in [9.17, 15) is 9.59 Å². The van der Waals surface area contributed by atoms with Crippen LogP contribution < -0.4 is 15.3 Å². The molecular formula is C78H116BClN10O10Si4. The summed E-state index contributed by atoms with van der Waals surface area (Å²) in [5.41, 5.74) is 9.80. The molecule has 0 atom stereocenters. The molecule has 20 nitrogen and oxygen atoms in total. The first-order valence-corrected chi connectivity index (χ1v) is 52.7. The smallest absolute Gasteiger partial charge is 0.466 e. The van der Waals surface area contributed by atoms with Crippen LogP contribution in [0.15, 0.2) is 122 Å². The van der Waals surface area contributed by atoms with Crippen LogP contribution in [0, 0.1) is 23.7 Å². The van der Waals surface area contributed by atoms with E-state index < -0.39 is 39.4 Å². The summed E-state index contributed by atoms with van der Waals surface area (Å²) < 4.78 is 39.7. The highest BCUT2D eigenvalue weighted by Gasteiger charge is 2.31. The quantitative estimate of drug-likeness (QED) is 0.0126. The summed E-state index contributed by atoms with van der Waals surface area (Å²) in [6, 6.07) is 35.5. The lowest BCUT2D eigenvalue weighted by atomic mass is 9.80. The van der Waals surface area contributed by atoms with Crippen molar-refractivity contribution in [3.05, 3.63) is 138 Å². The fraction of sp³-hybridized carbons (Fsp3) is 0.538. The first-order chi connectivity index (χ1) is 49.5. The van der Waals surface area contributed by atoms with E-state index in [1.165, 1.54) is 0 Å². The Bertz CT molecular complexity index is 3850. The maximum absolute atomic E-state index is 12.4. The van der Waals surface area contributed by atoms with Gasteiger partial charge in [-0.2, -0.15) is 19.2 Å². The lowest BCUT2D eigenvalue weighted by Gasteiger charge is -2.28. The third-order valence-corrected chi connectivity index (χ3v) is 25.9. The largest absolute Gasteiger partial charge is 0.488 e. The standard InChI is InChI=1S/C39H57N5O4Si2.C33H52ClN5O4Si2.C6H7BO2/c1-8-48-39(45)32-16-14-30(15-17-32)24-34-25-37(43(28-46-20-22-49(2,3)4)29-47-21-23-50(5,6)7)44-38(42-34)35(27-41-44)33-18-19-36(40-26-33)31-12-10-9-11-13-31;1-8-43-33(40)26-11-9-25(10-12-26)19-28-20-31(39-32(37-28)29(22-36-39)27-13-14-30(34)35-21-27)38(23-41-15-17-44(2,3)4)24-42-16-18-45(5,6)7;8-7(9)6-4-2-1-3-5-6/h9-13,18-19,25-27,30,32H,8,14-17,20-24,28-29H2,1-7H3;13-14,20-22,25-26H,8-12,15-19,23-24H2,1-7H3;1-5,8-9H. The van der Waals surface area contributed by atoms with Gasteiger partial charge >= 0.3 is 19.1 Å². The molecule has 0 spiro atoms. The second-order valence-corrected chi connectivity index (χ2v) is 55.4. The molecule has 0 radical (unpaired) electrons. The molecule has 0 saturated heterocycles. The van der Waals surface area contributed by atoms with Crippen molar-refractivity contribution in [2.24, 2.45) is 23.7 Å². The molecule has 2 aromatic carbocycles. The van der Waals surface area contributed by atoms with Gasteiger partial charge in [-0.05, 0) is 138 Å². The molecule has 0 aliphatic heterocycles. The summed E-state index contributed by atoms with van der Waals surface area (Å²) in [7, 11) is -6.31. The summed E-state index contributed by atoms with van der Waals surface area (Å²) in [6.07, 6.45) is 16.4. The van der Waals surface area contributed by atoms with Crippen LogP contribution in [-0.2, 0) is 50.9 Å². The van der Waals surface area contributed by atoms with Crippen LogP contribution in [0.2, 0.25) is 108 Å². The zero-order valence-electron chi connectivity index (χ0n) is 64.4. The third kappa shape index (κ3) is 27.1. The van der Waals surface area contributed by atoms with E-state index in [-0.39, 0.29) is 23.8 Å². The molecule has 104 heavy (non-hydrogen) atoms. The second-order valence-electron chi connectivity index (χ2n) is 32.6. The molecule has 2 saturated carbocycles. The summed E-state index contributed by atoms with van der Waals surface area (Å²) >= 11 is 6.11. The Hall–Kier alpha value is -6.50. The zero-order valence-corrected chi connectivity index (χ0v) is 69.2. The Morgan fingerprint density at radius 1 is 0.490 bits per heavy atom. The van der Waals surface area contributed by atoms with E-state index >= 15 is 0 Å². The van der Waals surface area contributed by atoms with Crippen LogP contribution in [-0.4, -0.2) is 167 Å². The highest BCUT2D eigenvalue weighted by atomic mass is 35.5. The number of pyridine rings is 2. The molecule has 2 aliphatic rings. The summed E-state index contributed by atoms with van der Waals surface area (Å²) in [4.78, 5) is 48.6. The zero-order chi connectivity index (χ0) is 75.0. The highest BCUT2D eigenvalue weighted by Crippen LogP contribution is 2.37. The number of halogens is 1. The minimum atomic E-state index is -1.34. The van der Waals surface area contributed by atoms with E-state index in [1.807, 2.05) is 71.8 Å². The molecule has 2 N–H and O–H groups in total. The van der Waals surface area contributed by atoms with E-state index in [1.54, 1.807) is 36.5 Å². The van der Waals surface area contributed by atoms with Gasteiger partial charge in [0, 0.05) is 122 Å². The van der Waals surface area contributed by atoms with Gasteiger partial charge in [0.2, 0.25) is 0 Å². The van der Waals surface area contributed by atoms with E-state index in [4.69, 9.17) is 75.2 Å². The van der Waals surface area contributed by atoms with Crippen molar-refractivity contribution in [1.82, 2.24) is 39.2 Å². The molecule has 6 heterocycles. The summed E-state index contributed by atoms with van der Waals surface area (Å²) in [5.74, 6) is 2.58. The molecule has 0 bridgehead atoms. The number of anilines is 2. The maximum atomic E-state index is 12.4. The minimum Gasteiger partial charge on any atom is -0.466 e. The Labute approximate surface area is 627 Å². The lowest BCUT2D eigenvalue weighted by molar-refractivity contribution is -0.150. The van der Waals surface area contributed by atoms with E-state index in [0.29, 0.717) is 75.8 Å². The predicted molar refractivity (Wildman–Crippen MR) is 432 cm³/mol. The molecule has 26 heteroatoms. The second kappa shape index (κ2) is 39.9. The van der Waals surface area contributed by atoms with Gasteiger partial charge in [0.05, 0.1) is 43.1 Å². The average molecular weight is 1510 g/mol. The van der Waals surface area contributed by atoms with Gasteiger partial charge in [-0.15, -0.1) is 0 Å². The molecule has 564 valence electrons. The first kappa shape index (κ1) is 83.1. The Balaban J connectivity index is 0.000000235. The van der Waals surface area contributed by atoms with Crippen molar-refractivity contribution in [3.8, 4) is 33.5 Å². The van der Waals surface area contributed by atoms with Gasteiger partial charge in [0.15, 0.2) is 11.3 Å². The van der Waals surface area contributed by atoms with E-state index in [2.05, 4.69) is 130 Å². The molecule has 0 unspecified atom stereocenters. The number of carbonyl (C=O) groups is 2. The topological polar surface area (TPSA) is 223 Å². The predicted octanol–water partition coefficient (Wildman–Crippen LogP) is 16.0. The molecular weight excluding hydrogens is 1400 g/mol. The van der Waals surface area contributed by atoms with Crippen molar-refractivity contribution in [2.45, 2.75) is 181 Å². The Kier molecular flexibility index (Phi) is 31.9. The van der Waals surface area contributed by atoms with Crippen molar-refractivity contribution < 1.29 is 48.1 Å². The summed E-state index contributed by atoms with van der Waals surface area (Å²) in [6.45, 7) is 37.5. The lowest BCUT2D eigenvalue weighted by Crippen LogP contribution is -2.33. The van der Waals surface area contributed by atoms with Crippen LogP contribution in [0.5, 0.6) is 0 Å². The minimum absolute atomic E-state index is 0.00194. The molecule has 0 amide bonds. The average Bonchev–Trinajstić information content (AvgIpc) is 1.61. The van der Waals surface area contributed by atoms with Gasteiger partial charge in [0.25, 0.3) is 0 Å². The van der Waals surface area contributed by atoms with Gasteiger partial charge in [-0.1, -0.05) is 157 Å². The van der Waals surface area contributed by atoms with Crippen molar-refractivity contribution in [3.63, 3.8) is 0 Å². The number of hydrogen-bond donors (Lipinski definition) is 2. The van der Waals surface area contributed by atoms with Crippen LogP contribution in [0.25, 0.3) is 44.8 Å². The van der Waals surface area contributed by atoms with Crippen molar-refractivity contribution >= 4 is 91.3 Å². The van der Waals surface area contributed by atoms with Gasteiger partial charge in [-0.25, -0.2) is 15.0 Å². The Morgan fingerprint density at radius 2 is 0.865 bits per heavy atom. The molecule has 10 rings (SSSR count). The van der Waals surface area contributed by atoms with E-state index in [0.717, 1.165) is 169 Å². The SMILES string of the molecule is CCOC(=O)C1CCC(Cc2cc(N(COCC[Si](C)(C)C)COCC[Si](C)(C)C)n3ncc(-c4ccc(-c5ccccc5)nc4)c3n2)CC1.CCOC(=O)C1CCC(Cc2cc(N(COCC[Si](C)(C)C)COCC[Si](C)(C)C)n3ncc(-c4ccc(Cl)nc4)c3n2)CC1.OB(O)c1ccccc1. The fourth-order valence-electron chi connectivity index (χ4n) is 12.4. The van der Waals surface area contributed by atoms with Gasteiger partial charge in [0.1, 0.15) is 43.7 Å². The van der Waals surface area contributed by atoms with Crippen LogP contribution in [0.1, 0.15) is 76.6 Å². The number of ether oxygens (including phenoxy) is 6. The van der Waals surface area contributed by atoms with Crippen LogP contribution in [0.4, 0.5) is 11.6 Å². The van der Waals surface area contributed by atoms with Crippen LogP contribution >= 0.6 is 11.6 Å². The number of fused-ring (bicyclic) bond motifs is 2. The highest BCUT2D eigenvalue weighted by molar-refractivity contribution is 6.77. The molecule has 2 fully saturated rings. The number of rotatable bonds is 34. The van der Waals surface area contributed by atoms with Gasteiger partial charge in [-0.3, -0.25) is 14.6 Å². The number of hydrogen-bond acceptors (Lipinski definition) is 18. The number of nitrogens with zero attached hydrogens (tertiary/aromatic N) is 10. The molecule has 2 aliphatic carbocycles. The normalized spacial score (nSPS) is 16.5. The first-order valence-electron chi connectivity index (χ1n) is 37.5. The number of benzene rings is 2. The number of carbonyl (C=O) groups excluding carboxylic acids is 2. The maximum Gasteiger partial charge on any atom is 0.488 e. The van der Waals surface area contributed by atoms with Crippen LogP contribution in [0.3, 0.4) is 0 Å². The Morgan fingerprint density at radius 3 is 1.19 bits per heavy atom. The van der Waals surface area contributed by atoms with Crippen molar-refractivity contribution in [1.29, 1.82) is 0 Å². The molecule has 6 aromatic heterocycles. The van der Waals surface area contributed by atoms with Gasteiger partial charge < -0.3 is 48.3 Å². The number of esters is 2. The number of aromatic nitrogens is 8. The summed E-state index contributed by atoms with van der Waals surface area (Å²) in [5, 5.41) is 27.3. The third-order valence-electron chi connectivity index (χ3n) is 18.8. The monoisotopic (exact) mass is 1510 g/mol. The van der Waals surface area contributed by atoms with Crippen molar-refractivity contribution in [2.75, 3.05) is 76.4 Å². The molecule has 8 aromatic rings.